The van der Waals surface area contributed by atoms with Gasteiger partial charge in [0.2, 0.25) is 0 Å². The van der Waals surface area contributed by atoms with Crippen LogP contribution in [-0.4, -0.2) is 27.3 Å². The van der Waals surface area contributed by atoms with Crippen molar-refractivity contribution in [2.45, 2.75) is 13.0 Å². The first-order valence-corrected chi connectivity index (χ1v) is 8.67. The first-order chi connectivity index (χ1) is 13.1. The van der Waals surface area contributed by atoms with Gasteiger partial charge in [-0.25, -0.2) is 4.79 Å². The maximum absolute atomic E-state index is 12.5. The van der Waals surface area contributed by atoms with E-state index in [-0.39, 0.29) is 17.7 Å². The molecule has 0 saturated heterocycles. The molecule has 0 amide bonds. The number of benzene rings is 2. The molecule has 2 heterocycles. The van der Waals surface area contributed by atoms with Gasteiger partial charge in [0.25, 0.3) is 5.56 Å². The van der Waals surface area contributed by atoms with E-state index in [9.17, 15) is 14.7 Å². The van der Waals surface area contributed by atoms with Crippen molar-refractivity contribution in [1.82, 2.24) is 9.61 Å². The summed E-state index contributed by atoms with van der Waals surface area (Å²) in [5.41, 5.74) is 0.583. The number of fused-ring (bicyclic) bond motifs is 2. The molecule has 136 valence electrons. The Hall–Kier alpha value is -3.38. The number of ether oxygens (including phenoxy) is 1. The second kappa shape index (κ2) is 6.74. The molecule has 0 bridgehead atoms. The van der Waals surface area contributed by atoms with Crippen LogP contribution >= 0.6 is 0 Å². The zero-order valence-corrected chi connectivity index (χ0v) is 14.7. The third-order valence-electron chi connectivity index (χ3n) is 4.59. The molecule has 1 atom stereocenters. The number of nitrogens with zero attached hydrogens (tertiary/aromatic N) is 1. The number of esters is 1. The van der Waals surface area contributed by atoms with Gasteiger partial charge >= 0.3 is 5.97 Å². The highest BCUT2D eigenvalue weighted by atomic mass is 16.5. The topological polar surface area (TPSA) is 83.8 Å². The summed E-state index contributed by atoms with van der Waals surface area (Å²) in [6.45, 7) is 1.80. The van der Waals surface area contributed by atoms with Crippen LogP contribution in [0.15, 0.2) is 65.6 Å². The predicted molar refractivity (Wildman–Crippen MR) is 102 cm³/mol. The second-order valence-corrected chi connectivity index (χ2v) is 6.22. The van der Waals surface area contributed by atoms with Gasteiger partial charge in [-0.3, -0.25) is 14.4 Å². The van der Waals surface area contributed by atoms with E-state index in [0.29, 0.717) is 11.1 Å². The van der Waals surface area contributed by atoms with Gasteiger partial charge in [0.15, 0.2) is 0 Å². The van der Waals surface area contributed by atoms with Crippen LogP contribution < -0.4 is 5.56 Å². The number of aliphatic hydroxyl groups is 1. The monoisotopic (exact) mass is 362 g/mol. The normalized spacial score (nSPS) is 12.4. The minimum absolute atomic E-state index is 0.135. The lowest BCUT2D eigenvalue weighted by Gasteiger charge is -2.17. The molecule has 4 rings (SSSR count). The van der Waals surface area contributed by atoms with Crippen LogP contribution in [-0.2, 0) is 4.74 Å². The maximum atomic E-state index is 12.5. The highest BCUT2D eigenvalue weighted by Gasteiger charge is 2.26. The number of aromatic nitrogens is 2. The van der Waals surface area contributed by atoms with E-state index in [1.807, 2.05) is 36.4 Å². The number of nitrogens with one attached hydrogen (secondary N) is 1. The SMILES string of the molecule is CCOC(=O)c1c(C(O)c2ccc3ccccc3c2)c2cccn2[nH]c1=O. The van der Waals surface area contributed by atoms with Crippen molar-refractivity contribution in [2.75, 3.05) is 6.61 Å². The van der Waals surface area contributed by atoms with Crippen molar-refractivity contribution in [2.24, 2.45) is 0 Å². The molecular weight excluding hydrogens is 344 g/mol. The summed E-state index contributed by atoms with van der Waals surface area (Å²) in [7, 11) is 0. The minimum atomic E-state index is -1.16. The molecular formula is C21H18N2O4. The lowest BCUT2D eigenvalue weighted by Crippen LogP contribution is -2.26. The predicted octanol–water partition coefficient (Wildman–Crippen LogP) is 3.04. The van der Waals surface area contributed by atoms with Crippen LogP contribution in [0.2, 0.25) is 0 Å². The van der Waals surface area contributed by atoms with E-state index in [2.05, 4.69) is 5.10 Å². The van der Waals surface area contributed by atoms with Crippen LogP contribution in [0.1, 0.15) is 34.5 Å². The number of carbonyl (C=O) groups excluding carboxylic acids is 1. The summed E-state index contributed by atoms with van der Waals surface area (Å²) in [5, 5.41) is 15.7. The quantitative estimate of drug-likeness (QED) is 0.547. The van der Waals surface area contributed by atoms with Crippen molar-refractivity contribution in [1.29, 1.82) is 0 Å². The van der Waals surface area contributed by atoms with E-state index in [0.717, 1.165) is 10.8 Å². The smallest absolute Gasteiger partial charge is 0.344 e. The van der Waals surface area contributed by atoms with Gasteiger partial charge < -0.3 is 9.84 Å². The number of aromatic amines is 1. The summed E-state index contributed by atoms with van der Waals surface area (Å²) in [6.07, 6.45) is 0.496. The third-order valence-corrected chi connectivity index (χ3v) is 4.59. The maximum Gasteiger partial charge on any atom is 0.344 e. The summed E-state index contributed by atoms with van der Waals surface area (Å²) in [4.78, 5) is 25.0. The Bertz CT molecular complexity index is 1210. The molecule has 1 unspecified atom stereocenters. The molecule has 0 aliphatic carbocycles. The van der Waals surface area contributed by atoms with Crippen LogP contribution in [0.25, 0.3) is 16.3 Å². The molecule has 2 aromatic carbocycles. The fourth-order valence-corrected chi connectivity index (χ4v) is 3.34. The molecule has 0 aliphatic rings. The largest absolute Gasteiger partial charge is 0.462 e. The molecule has 0 fully saturated rings. The van der Waals surface area contributed by atoms with Gasteiger partial charge in [0.05, 0.1) is 12.1 Å². The Kier molecular flexibility index (Phi) is 4.25. The molecule has 27 heavy (non-hydrogen) atoms. The van der Waals surface area contributed by atoms with Crippen LogP contribution in [0.5, 0.6) is 0 Å². The number of carbonyl (C=O) groups is 1. The lowest BCUT2D eigenvalue weighted by molar-refractivity contribution is 0.0518. The van der Waals surface area contributed by atoms with Crippen molar-refractivity contribution in [3.63, 3.8) is 0 Å². The highest BCUT2D eigenvalue weighted by Crippen LogP contribution is 2.30. The molecule has 6 nitrogen and oxygen atoms in total. The number of rotatable bonds is 4. The van der Waals surface area contributed by atoms with Crippen LogP contribution in [0, 0.1) is 0 Å². The van der Waals surface area contributed by atoms with E-state index in [1.54, 1.807) is 31.3 Å². The van der Waals surface area contributed by atoms with Crippen molar-refractivity contribution in [3.05, 3.63) is 87.8 Å². The number of aliphatic hydroxyl groups excluding tert-OH is 1. The third kappa shape index (κ3) is 2.90. The standard InChI is InChI=1S/C21H18N2O4/c1-2-27-21(26)18-17(16-8-5-11-23(16)22-20(18)25)19(24)15-10-9-13-6-3-4-7-14(13)12-15/h3-12,19,24H,2H2,1H3,(H,22,25). The van der Waals surface area contributed by atoms with Crippen LogP contribution in [0.4, 0.5) is 0 Å². The van der Waals surface area contributed by atoms with Gasteiger partial charge in [-0.1, -0.05) is 36.4 Å². The number of H-pyrrole nitrogens is 1. The fraction of sp³-hybridized carbons (Fsp3) is 0.143. The summed E-state index contributed by atoms with van der Waals surface area (Å²) in [5.74, 6) is -0.753. The zero-order chi connectivity index (χ0) is 19.0. The van der Waals surface area contributed by atoms with Gasteiger partial charge in [-0.2, -0.15) is 0 Å². The van der Waals surface area contributed by atoms with Crippen molar-refractivity contribution >= 4 is 22.3 Å². The van der Waals surface area contributed by atoms with Gasteiger partial charge in [0, 0.05) is 11.8 Å². The second-order valence-electron chi connectivity index (χ2n) is 6.22. The molecule has 0 saturated carbocycles. The zero-order valence-electron chi connectivity index (χ0n) is 14.7. The number of hydrogen-bond acceptors (Lipinski definition) is 4. The van der Waals surface area contributed by atoms with Gasteiger partial charge in [-0.15, -0.1) is 0 Å². The van der Waals surface area contributed by atoms with E-state index in [4.69, 9.17) is 4.74 Å². The van der Waals surface area contributed by atoms with E-state index < -0.39 is 17.6 Å². The Morgan fingerprint density at radius 2 is 1.93 bits per heavy atom. The Morgan fingerprint density at radius 1 is 1.15 bits per heavy atom. The molecule has 2 N–H and O–H groups in total. The molecule has 0 radical (unpaired) electrons. The summed E-state index contributed by atoms with van der Waals surface area (Å²) >= 11 is 0. The van der Waals surface area contributed by atoms with Crippen molar-refractivity contribution < 1.29 is 14.6 Å². The average molecular weight is 362 g/mol. The highest BCUT2D eigenvalue weighted by molar-refractivity contribution is 5.93. The Morgan fingerprint density at radius 3 is 2.70 bits per heavy atom. The molecule has 0 aliphatic heterocycles. The lowest BCUT2D eigenvalue weighted by atomic mass is 9.95. The molecule has 6 heteroatoms. The first-order valence-electron chi connectivity index (χ1n) is 8.67. The molecule has 0 spiro atoms. The number of hydrogen-bond donors (Lipinski definition) is 2. The summed E-state index contributed by atoms with van der Waals surface area (Å²) < 4.78 is 6.54. The summed E-state index contributed by atoms with van der Waals surface area (Å²) in [6, 6.07) is 16.8. The first kappa shape index (κ1) is 17.1. The molecule has 2 aromatic heterocycles. The van der Waals surface area contributed by atoms with Crippen molar-refractivity contribution in [3.8, 4) is 0 Å². The average Bonchev–Trinajstić information content (AvgIpc) is 3.14. The van der Waals surface area contributed by atoms with Gasteiger partial charge in [-0.05, 0) is 41.5 Å². The van der Waals surface area contributed by atoms with Crippen LogP contribution in [0.3, 0.4) is 0 Å². The Balaban J connectivity index is 1.95. The van der Waals surface area contributed by atoms with E-state index in [1.165, 1.54) is 4.52 Å². The molecule has 4 aromatic rings. The van der Waals surface area contributed by atoms with E-state index >= 15 is 0 Å². The minimum Gasteiger partial charge on any atom is -0.462 e. The van der Waals surface area contributed by atoms with Gasteiger partial charge in [0.1, 0.15) is 11.7 Å². The Labute approximate surface area is 154 Å². The fourth-order valence-electron chi connectivity index (χ4n) is 3.34.